The van der Waals surface area contributed by atoms with Gasteiger partial charge in [0.15, 0.2) is 23.1 Å². The van der Waals surface area contributed by atoms with Crippen LogP contribution in [-0.2, 0) is 0 Å². The number of furan rings is 1. The Hall–Kier alpha value is -6.85. The van der Waals surface area contributed by atoms with Gasteiger partial charge in [-0.2, -0.15) is 0 Å². The summed E-state index contributed by atoms with van der Waals surface area (Å²) in [5.41, 5.74) is 9.76. The van der Waals surface area contributed by atoms with E-state index in [1.165, 1.54) is 10.8 Å². The SMILES string of the molecule is c1ccc(-c2nc(-c3ccccc3-c3ccccc3)nc(-c3cccc4oc5c(-n6c7ccccc7c7ccccc76)cccc5c34)n2)cc1. The summed E-state index contributed by atoms with van der Waals surface area (Å²) >= 11 is 0. The van der Waals surface area contributed by atoms with Crippen LogP contribution in [0.1, 0.15) is 0 Å². The number of fused-ring (bicyclic) bond motifs is 6. The van der Waals surface area contributed by atoms with E-state index < -0.39 is 0 Å². The molecule has 0 aliphatic heterocycles. The van der Waals surface area contributed by atoms with Crippen molar-refractivity contribution in [2.24, 2.45) is 0 Å². The van der Waals surface area contributed by atoms with Crippen LogP contribution in [0.2, 0.25) is 0 Å². The first-order valence-corrected chi connectivity index (χ1v) is 16.7. The number of hydrogen-bond donors (Lipinski definition) is 0. The van der Waals surface area contributed by atoms with E-state index in [-0.39, 0.29) is 0 Å². The summed E-state index contributed by atoms with van der Waals surface area (Å²) in [5.74, 6) is 1.82. The predicted octanol–water partition coefficient (Wildman–Crippen LogP) is 11.5. The fourth-order valence-electron chi connectivity index (χ4n) is 7.26. The minimum Gasteiger partial charge on any atom is -0.454 e. The topological polar surface area (TPSA) is 56.7 Å². The van der Waals surface area contributed by atoms with Gasteiger partial charge in [0.25, 0.3) is 0 Å². The van der Waals surface area contributed by atoms with Crippen molar-refractivity contribution in [1.82, 2.24) is 19.5 Å². The monoisotopic (exact) mass is 640 g/mol. The lowest BCUT2D eigenvalue weighted by molar-refractivity contribution is 0.666. The Morgan fingerprint density at radius 2 is 0.900 bits per heavy atom. The Balaban J connectivity index is 1.23. The van der Waals surface area contributed by atoms with Crippen molar-refractivity contribution in [3.05, 3.63) is 170 Å². The highest BCUT2D eigenvalue weighted by Gasteiger charge is 2.22. The van der Waals surface area contributed by atoms with E-state index in [4.69, 9.17) is 19.4 Å². The number of hydrogen-bond acceptors (Lipinski definition) is 4. The van der Waals surface area contributed by atoms with Gasteiger partial charge < -0.3 is 8.98 Å². The third kappa shape index (κ3) is 4.45. The molecule has 0 amide bonds. The number of aromatic nitrogens is 4. The quantitative estimate of drug-likeness (QED) is 0.188. The van der Waals surface area contributed by atoms with E-state index in [0.29, 0.717) is 17.5 Å². The summed E-state index contributed by atoms with van der Waals surface area (Å²) in [6.45, 7) is 0. The Bertz CT molecular complexity index is 2820. The van der Waals surface area contributed by atoms with Crippen LogP contribution < -0.4 is 0 Å². The average molecular weight is 641 g/mol. The normalized spacial score (nSPS) is 11.6. The van der Waals surface area contributed by atoms with Gasteiger partial charge in [-0.05, 0) is 35.4 Å². The van der Waals surface area contributed by atoms with E-state index in [1.54, 1.807) is 0 Å². The lowest BCUT2D eigenvalue weighted by Crippen LogP contribution is -2.01. The van der Waals surface area contributed by atoms with E-state index in [1.807, 2.05) is 54.6 Å². The van der Waals surface area contributed by atoms with Crippen molar-refractivity contribution in [1.29, 1.82) is 0 Å². The van der Waals surface area contributed by atoms with Crippen LogP contribution in [0.25, 0.3) is 94.7 Å². The smallest absolute Gasteiger partial charge is 0.164 e. The average Bonchev–Trinajstić information content (AvgIpc) is 3.75. The molecular formula is C45H28N4O. The standard InChI is InChI=1S/C45H28N4O/c1-3-15-29(16-4-1)31-19-7-8-22-34(31)44-46-43(30-17-5-2-6-18-30)47-45(48-44)36-24-14-28-40-41(36)35-23-13-27-39(42(35)50-40)49-37-25-11-9-20-32(37)33-21-10-12-26-38(33)49/h1-28H. The molecule has 3 heterocycles. The molecule has 0 spiro atoms. The number of para-hydroxylation sites is 3. The molecule has 0 saturated heterocycles. The Kier molecular flexibility index (Phi) is 6.42. The zero-order valence-electron chi connectivity index (χ0n) is 26.9. The third-order valence-corrected chi connectivity index (χ3v) is 9.48. The van der Waals surface area contributed by atoms with E-state index in [2.05, 4.69) is 120 Å². The van der Waals surface area contributed by atoms with Gasteiger partial charge in [-0.3, -0.25) is 0 Å². The highest BCUT2D eigenvalue weighted by atomic mass is 16.3. The molecule has 0 unspecified atom stereocenters. The van der Waals surface area contributed by atoms with Gasteiger partial charge in [-0.15, -0.1) is 0 Å². The maximum atomic E-state index is 6.78. The first kappa shape index (κ1) is 28.2. The molecule has 0 N–H and O–H groups in total. The first-order valence-electron chi connectivity index (χ1n) is 16.7. The van der Waals surface area contributed by atoms with Crippen LogP contribution >= 0.6 is 0 Å². The number of benzene rings is 7. The van der Waals surface area contributed by atoms with Crippen LogP contribution in [0, 0.1) is 0 Å². The molecule has 3 aromatic heterocycles. The molecule has 0 aliphatic rings. The van der Waals surface area contributed by atoms with Crippen molar-refractivity contribution in [2.75, 3.05) is 0 Å². The maximum Gasteiger partial charge on any atom is 0.164 e. The largest absolute Gasteiger partial charge is 0.454 e. The Morgan fingerprint density at radius 3 is 1.62 bits per heavy atom. The highest BCUT2D eigenvalue weighted by Crippen LogP contribution is 2.41. The molecule has 0 saturated carbocycles. The second kappa shape index (κ2) is 11.4. The molecule has 10 aromatic rings. The molecule has 0 bridgehead atoms. The van der Waals surface area contributed by atoms with Gasteiger partial charge in [0.2, 0.25) is 0 Å². The van der Waals surface area contributed by atoms with Gasteiger partial charge in [-0.25, -0.2) is 15.0 Å². The lowest BCUT2D eigenvalue weighted by Gasteiger charge is -2.12. The Morgan fingerprint density at radius 1 is 0.380 bits per heavy atom. The molecule has 50 heavy (non-hydrogen) atoms. The zero-order valence-corrected chi connectivity index (χ0v) is 26.9. The van der Waals surface area contributed by atoms with E-state index >= 15 is 0 Å². The summed E-state index contributed by atoms with van der Waals surface area (Å²) in [6, 6.07) is 58.4. The minimum atomic E-state index is 0.590. The fraction of sp³-hybridized carbons (Fsp3) is 0. The molecule has 0 fully saturated rings. The molecule has 7 aromatic carbocycles. The first-order chi connectivity index (χ1) is 24.8. The number of nitrogens with zero attached hydrogens (tertiary/aromatic N) is 4. The van der Waals surface area contributed by atoms with Crippen molar-refractivity contribution in [2.45, 2.75) is 0 Å². The van der Waals surface area contributed by atoms with Crippen LogP contribution in [0.15, 0.2) is 174 Å². The molecule has 0 aliphatic carbocycles. The van der Waals surface area contributed by atoms with Crippen LogP contribution in [0.3, 0.4) is 0 Å². The molecule has 5 nitrogen and oxygen atoms in total. The van der Waals surface area contributed by atoms with Gasteiger partial charge in [0.1, 0.15) is 5.58 Å². The maximum absolute atomic E-state index is 6.78. The van der Waals surface area contributed by atoms with E-state index in [0.717, 1.165) is 66.5 Å². The fourth-order valence-corrected chi connectivity index (χ4v) is 7.26. The molecule has 10 rings (SSSR count). The third-order valence-electron chi connectivity index (χ3n) is 9.48. The Labute approximate surface area is 287 Å². The van der Waals surface area contributed by atoms with Gasteiger partial charge >= 0.3 is 0 Å². The van der Waals surface area contributed by atoms with Gasteiger partial charge in [0, 0.05) is 38.2 Å². The molecule has 0 radical (unpaired) electrons. The van der Waals surface area contributed by atoms with Crippen LogP contribution in [0.4, 0.5) is 0 Å². The molecular weight excluding hydrogens is 613 g/mol. The summed E-state index contributed by atoms with van der Waals surface area (Å²) in [4.78, 5) is 15.4. The van der Waals surface area contributed by atoms with Crippen LogP contribution in [-0.4, -0.2) is 19.5 Å². The summed E-state index contributed by atoms with van der Waals surface area (Å²) in [5, 5.41) is 4.39. The van der Waals surface area contributed by atoms with Gasteiger partial charge in [0.05, 0.1) is 16.7 Å². The zero-order chi connectivity index (χ0) is 33.0. The number of rotatable bonds is 5. The van der Waals surface area contributed by atoms with Crippen molar-refractivity contribution >= 4 is 43.7 Å². The summed E-state index contributed by atoms with van der Waals surface area (Å²) in [6.07, 6.45) is 0. The van der Waals surface area contributed by atoms with Crippen LogP contribution in [0.5, 0.6) is 0 Å². The van der Waals surface area contributed by atoms with E-state index in [9.17, 15) is 0 Å². The molecule has 5 heteroatoms. The molecule has 234 valence electrons. The van der Waals surface area contributed by atoms with Crippen molar-refractivity contribution < 1.29 is 4.42 Å². The lowest BCUT2D eigenvalue weighted by atomic mass is 9.99. The highest BCUT2D eigenvalue weighted by molar-refractivity contribution is 6.15. The van der Waals surface area contributed by atoms with Crippen molar-refractivity contribution in [3.8, 4) is 51.0 Å². The van der Waals surface area contributed by atoms with Gasteiger partial charge in [-0.1, -0.05) is 146 Å². The second-order valence-electron chi connectivity index (χ2n) is 12.4. The minimum absolute atomic E-state index is 0.590. The predicted molar refractivity (Wildman–Crippen MR) is 203 cm³/mol. The summed E-state index contributed by atoms with van der Waals surface area (Å²) in [7, 11) is 0. The second-order valence-corrected chi connectivity index (χ2v) is 12.4. The summed E-state index contributed by atoms with van der Waals surface area (Å²) < 4.78 is 9.09. The van der Waals surface area contributed by atoms with Crippen molar-refractivity contribution in [3.63, 3.8) is 0 Å². The molecule has 0 atom stereocenters.